The van der Waals surface area contributed by atoms with Gasteiger partial charge in [-0.2, -0.15) is 4.68 Å². The molecule has 2 heterocycles. The van der Waals surface area contributed by atoms with E-state index in [-0.39, 0.29) is 11.9 Å². The Morgan fingerprint density at radius 3 is 2.76 bits per heavy atom. The van der Waals surface area contributed by atoms with Gasteiger partial charge < -0.3 is 19.9 Å². The molecule has 2 aromatic heterocycles. The average Bonchev–Trinajstić information content (AvgIpc) is 3.66. The first-order chi connectivity index (χ1) is 20.0. The molecule has 5 aromatic rings. The third-order valence-corrected chi connectivity index (χ3v) is 6.34. The number of benzene rings is 3. The van der Waals surface area contributed by atoms with Crippen LogP contribution in [0.4, 0.5) is 16.3 Å². The molecule has 0 saturated carbocycles. The fraction of sp³-hybridized carbons (Fsp3) is 0.143. The number of amides is 2. The van der Waals surface area contributed by atoms with Crippen molar-refractivity contribution in [2.45, 2.75) is 12.5 Å². The van der Waals surface area contributed by atoms with E-state index in [1.165, 1.54) is 24.2 Å². The molecule has 2 amide bonds. The molecular weight excluding hydrogens is 548 g/mol. The molecule has 0 aliphatic carbocycles. The number of aromatic nitrogens is 5. The average molecular weight is 573 g/mol. The van der Waals surface area contributed by atoms with Crippen LogP contribution in [0, 0.1) is 0 Å². The summed E-state index contributed by atoms with van der Waals surface area (Å²) in [5.41, 5.74) is 3.21. The van der Waals surface area contributed by atoms with Crippen molar-refractivity contribution in [2.75, 3.05) is 24.3 Å². The number of tetrazole rings is 1. The van der Waals surface area contributed by atoms with Crippen molar-refractivity contribution < 1.29 is 18.8 Å². The zero-order valence-corrected chi connectivity index (χ0v) is 22.6. The van der Waals surface area contributed by atoms with Gasteiger partial charge in [-0.3, -0.25) is 10.1 Å². The molecule has 0 spiro atoms. The highest BCUT2D eigenvalue weighted by molar-refractivity contribution is 6.30. The van der Waals surface area contributed by atoms with Gasteiger partial charge in [0, 0.05) is 23.2 Å². The standard InChI is InChI=1S/C28H25ClN8O4/c1-40-28(39)33-23-9-5-8-22-26(23)41-34-27(22)30-16-21(14-18-6-3-2-4-7-18)32-25(38)13-10-19-15-20(29)11-12-24(19)37-17-31-35-36-37/h2-13,15,17,21H,14,16H2,1H3,(H,30,34)(H,32,38)(H,33,39). The number of nitrogens with zero attached hydrogens (tertiary/aromatic N) is 5. The van der Waals surface area contributed by atoms with Crippen molar-refractivity contribution in [3.05, 3.63) is 95.3 Å². The molecule has 0 aliphatic rings. The van der Waals surface area contributed by atoms with Crippen molar-refractivity contribution >= 4 is 52.2 Å². The summed E-state index contributed by atoms with van der Waals surface area (Å²) in [4.78, 5) is 24.7. The molecule has 0 radical (unpaired) electrons. The predicted molar refractivity (Wildman–Crippen MR) is 154 cm³/mol. The number of carbonyl (C=O) groups is 2. The third kappa shape index (κ3) is 6.86. The highest BCUT2D eigenvalue weighted by Crippen LogP contribution is 2.29. The number of anilines is 2. The minimum Gasteiger partial charge on any atom is -0.453 e. The second-order valence-electron chi connectivity index (χ2n) is 8.90. The minimum atomic E-state index is -0.620. The molecule has 0 aliphatic heterocycles. The van der Waals surface area contributed by atoms with Crippen molar-refractivity contribution in [1.82, 2.24) is 30.7 Å². The van der Waals surface area contributed by atoms with E-state index in [0.29, 0.717) is 51.7 Å². The van der Waals surface area contributed by atoms with Crippen LogP contribution in [-0.4, -0.2) is 57.1 Å². The van der Waals surface area contributed by atoms with E-state index < -0.39 is 6.09 Å². The Balaban J connectivity index is 1.32. The molecule has 3 N–H and O–H groups in total. The number of nitrogens with one attached hydrogen (secondary N) is 3. The van der Waals surface area contributed by atoms with Crippen LogP contribution in [0.2, 0.25) is 5.02 Å². The largest absolute Gasteiger partial charge is 0.453 e. The molecule has 5 rings (SSSR count). The molecule has 1 atom stereocenters. The second kappa shape index (κ2) is 12.7. The van der Waals surface area contributed by atoms with Crippen molar-refractivity contribution in [1.29, 1.82) is 0 Å². The molecule has 208 valence electrons. The van der Waals surface area contributed by atoms with Gasteiger partial charge in [-0.05, 0) is 58.8 Å². The number of fused-ring (bicyclic) bond motifs is 1. The van der Waals surface area contributed by atoms with Crippen LogP contribution in [0.5, 0.6) is 0 Å². The lowest BCUT2D eigenvalue weighted by atomic mass is 10.1. The first-order valence-corrected chi connectivity index (χ1v) is 12.9. The number of rotatable bonds is 10. The number of carbonyl (C=O) groups excluding carboxylic acids is 2. The van der Waals surface area contributed by atoms with E-state index in [0.717, 1.165) is 5.56 Å². The summed E-state index contributed by atoms with van der Waals surface area (Å²) in [6, 6.07) is 20.0. The van der Waals surface area contributed by atoms with Crippen LogP contribution in [0.1, 0.15) is 11.1 Å². The fourth-order valence-electron chi connectivity index (χ4n) is 4.20. The van der Waals surface area contributed by atoms with Gasteiger partial charge in [0.25, 0.3) is 0 Å². The van der Waals surface area contributed by atoms with E-state index in [4.69, 9.17) is 16.1 Å². The van der Waals surface area contributed by atoms with E-state index in [2.05, 4.69) is 41.4 Å². The highest BCUT2D eigenvalue weighted by atomic mass is 35.5. The summed E-state index contributed by atoms with van der Waals surface area (Å²) < 4.78 is 11.7. The molecule has 13 heteroatoms. The number of halogens is 1. The summed E-state index contributed by atoms with van der Waals surface area (Å²) >= 11 is 6.20. The maximum Gasteiger partial charge on any atom is 0.411 e. The number of hydrogen-bond acceptors (Lipinski definition) is 9. The van der Waals surface area contributed by atoms with Gasteiger partial charge in [0.05, 0.1) is 29.9 Å². The lowest BCUT2D eigenvalue weighted by molar-refractivity contribution is -0.117. The SMILES string of the molecule is COC(=O)Nc1cccc2c(NCC(Cc3ccccc3)NC(=O)C=Cc3cc(Cl)ccc3-n3cnnn3)noc12. The third-order valence-electron chi connectivity index (χ3n) is 6.11. The smallest absolute Gasteiger partial charge is 0.411 e. The lowest BCUT2D eigenvalue weighted by Crippen LogP contribution is -2.40. The molecule has 0 saturated heterocycles. The van der Waals surface area contributed by atoms with Crippen LogP contribution in [0.15, 0.2) is 83.7 Å². The molecular formula is C28H25ClN8O4. The van der Waals surface area contributed by atoms with Gasteiger partial charge in [0.15, 0.2) is 11.4 Å². The number of methoxy groups -OCH3 is 1. The van der Waals surface area contributed by atoms with E-state index in [9.17, 15) is 9.59 Å². The van der Waals surface area contributed by atoms with E-state index >= 15 is 0 Å². The van der Waals surface area contributed by atoms with Gasteiger partial charge in [-0.1, -0.05) is 53.2 Å². The number of ether oxygens (including phenoxy) is 1. The zero-order valence-electron chi connectivity index (χ0n) is 21.8. The van der Waals surface area contributed by atoms with Crippen LogP contribution in [0.25, 0.3) is 22.7 Å². The molecule has 41 heavy (non-hydrogen) atoms. The van der Waals surface area contributed by atoms with Crippen molar-refractivity contribution in [3.8, 4) is 5.69 Å². The Bertz CT molecular complexity index is 1670. The monoisotopic (exact) mass is 572 g/mol. The molecule has 12 nitrogen and oxygen atoms in total. The lowest BCUT2D eigenvalue weighted by Gasteiger charge is -2.19. The van der Waals surface area contributed by atoms with Gasteiger partial charge >= 0.3 is 6.09 Å². The Morgan fingerprint density at radius 1 is 1.12 bits per heavy atom. The number of para-hydroxylation sites is 1. The van der Waals surface area contributed by atoms with Crippen molar-refractivity contribution in [2.24, 2.45) is 0 Å². The Labute approximate surface area is 239 Å². The highest BCUT2D eigenvalue weighted by Gasteiger charge is 2.17. The maximum atomic E-state index is 13.1. The van der Waals surface area contributed by atoms with Gasteiger partial charge in [-0.15, -0.1) is 5.10 Å². The van der Waals surface area contributed by atoms with Crippen molar-refractivity contribution in [3.63, 3.8) is 0 Å². The second-order valence-corrected chi connectivity index (χ2v) is 9.33. The van der Waals surface area contributed by atoms with E-state index in [1.54, 1.807) is 36.4 Å². The van der Waals surface area contributed by atoms with Crippen LogP contribution < -0.4 is 16.0 Å². The summed E-state index contributed by atoms with van der Waals surface area (Å²) in [7, 11) is 1.28. The van der Waals surface area contributed by atoms with Crippen LogP contribution >= 0.6 is 11.6 Å². The molecule has 0 bridgehead atoms. The minimum absolute atomic E-state index is 0.301. The summed E-state index contributed by atoms with van der Waals surface area (Å²) in [6.07, 6.45) is 4.50. The first kappa shape index (κ1) is 27.3. The van der Waals surface area contributed by atoms with Gasteiger partial charge in [-0.25, -0.2) is 4.79 Å². The Kier molecular flexibility index (Phi) is 8.50. The van der Waals surface area contributed by atoms with Crippen LogP contribution in [0.3, 0.4) is 0 Å². The molecule has 1 unspecified atom stereocenters. The molecule has 0 fully saturated rings. The summed E-state index contributed by atoms with van der Waals surface area (Å²) in [5, 5.41) is 25.5. The fourth-order valence-corrected chi connectivity index (χ4v) is 4.38. The topological polar surface area (TPSA) is 149 Å². The predicted octanol–water partition coefficient (Wildman–Crippen LogP) is 4.49. The quantitative estimate of drug-likeness (QED) is 0.206. The Hall–Kier alpha value is -5.23. The number of hydrogen-bond donors (Lipinski definition) is 3. The van der Waals surface area contributed by atoms with E-state index in [1.807, 2.05) is 36.4 Å². The molecule has 3 aromatic carbocycles. The summed E-state index contributed by atoms with van der Waals surface area (Å²) in [5.74, 6) is 0.173. The van der Waals surface area contributed by atoms with Crippen LogP contribution in [-0.2, 0) is 16.0 Å². The maximum absolute atomic E-state index is 13.1. The summed E-state index contributed by atoms with van der Waals surface area (Å²) in [6.45, 7) is 0.345. The van der Waals surface area contributed by atoms with Gasteiger partial charge in [0.2, 0.25) is 5.91 Å². The van der Waals surface area contributed by atoms with Gasteiger partial charge in [0.1, 0.15) is 6.33 Å². The zero-order chi connectivity index (χ0) is 28.6. The first-order valence-electron chi connectivity index (χ1n) is 12.5. The normalized spacial score (nSPS) is 11.9. The Morgan fingerprint density at radius 2 is 1.98 bits per heavy atom.